The first-order valence-electron chi connectivity index (χ1n) is 11.7. The predicted molar refractivity (Wildman–Crippen MR) is 138 cm³/mol. The summed E-state index contributed by atoms with van der Waals surface area (Å²) in [7, 11) is -0.350. The Bertz CT molecular complexity index is 1120. The third-order valence-electron chi connectivity index (χ3n) is 6.51. The fourth-order valence-electron chi connectivity index (χ4n) is 3.60. The minimum atomic E-state index is -0.351. The van der Waals surface area contributed by atoms with Crippen molar-refractivity contribution in [2.75, 3.05) is 0 Å². The Labute approximate surface area is 203 Å². The molecule has 1 aliphatic rings. The molecule has 1 atom stereocenters. The van der Waals surface area contributed by atoms with Crippen molar-refractivity contribution in [2.45, 2.75) is 58.7 Å². The van der Waals surface area contributed by atoms with Crippen LogP contribution in [0.1, 0.15) is 53.3 Å². The molecule has 2 aromatic carbocycles. The molecule has 4 rings (SSSR count). The van der Waals surface area contributed by atoms with Gasteiger partial charge in [-0.3, -0.25) is 0 Å². The van der Waals surface area contributed by atoms with Gasteiger partial charge >= 0.3 is 7.12 Å². The Morgan fingerprint density at radius 1 is 0.794 bits per heavy atom. The summed E-state index contributed by atoms with van der Waals surface area (Å²) in [5.74, 6) is 2.07. The van der Waals surface area contributed by atoms with E-state index < -0.39 is 0 Å². The summed E-state index contributed by atoms with van der Waals surface area (Å²) in [5, 5.41) is 0. The third kappa shape index (κ3) is 5.19. The van der Waals surface area contributed by atoms with Crippen LogP contribution in [0.15, 0.2) is 84.4 Å². The molecule has 6 heteroatoms. The molecular weight excluding hydrogens is 421 g/mol. The molecule has 0 spiro atoms. The van der Waals surface area contributed by atoms with Crippen LogP contribution in [0.2, 0.25) is 0 Å². The highest BCUT2D eigenvalue weighted by Crippen LogP contribution is 2.38. The molecule has 1 aromatic heterocycles. The minimum Gasteiger partial charge on any atom is -0.400 e. The fourth-order valence-corrected chi connectivity index (χ4v) is 3.60. The molecule has 3 aromatic rings. The van der Waals surface area contributed by atoms with Gasteiger partial charge in [0.2, 0.25) is 0 Å². The molecule has 1 saturated heterocycles. The second-order valence-electron chi connectivity index (χ2n) is 9.75. The average Bonchev–Trinajstić information content (AvgIpc) is 3.06. The normalized spacial score (nSPS) is 18.4. The lowest BCUT2D eigenvalue weighted by molar-refractivity contribution is 0.00578. The highest BCUT2D eigenvalue weighted by molar-refractivity contribution is 6.54. The topological polar surface area (TPSA) is 57.1 Å². The van der Waals surface area contributed by atoms with Crippen molar-refractivity contribution in [3.63, 3.8) is 0 Å². The van der Waals surface area contributed by atoms with Gasteiger partial charge in [0, 0.05) is 17.0 Å². The average molecular weight is 453 g/mol. The van der Waals surface area contributed by atoms with E-state index in [9.17, 15) is 0 Å². The van der Waals surface area contributed by atoms with E-state index in [-0.39, 0.29) is 24.2 Å². The van der Waals surface area contributed by atoms with E-state index in [1.54, 1.807) is 0 Å². The Hall–Kier alpha value is -3.09. The van der Waals surface area contributed by atoms with Crippen molar-refractivity contribution >= 4 is 7.12 Å². The van der Waals surface area contributed by atoms with Gasteiger partial charge in [0.15, 0.2) is 11.6 Å². The second kappa shape index (κ2) is 9.65. The number of hydrogen-bond acceptors (Lipinski definition) is 5. The van der Waals surface area contributed by atoms with Crippen molar-refractivity contribution in [1.29, 1.82) is 0 Å². The lowest BCUT2D eigenvalue weighted by Crippen LogP contribution is -2.41. The Balaban J connectivity index is 1.59. The number of benzene rings is 2. The van der Waals surface area contributed by atoms with Crippen LogP contribution in [0.25, 0.3) is 22.8 Å². The van der Waals surface area contributed by atoms with Crippen molar-refractivity contribution in [3.05, 3.63) is 90.2 Å². The first-order chi connectivity index (χ1) is 16.2. The third-order valence-corrected chi connectivity index (χ3v) is 6.51. The highest BCUT2D eigenvalue weighted by Gasteiger charge is 2.51. The standard InChI is InChI=1S/C28H32BN3O2/c1-20(14-13-15-21(2)29-33-27(3,4)28(5,6)34-29)24-30-25(22-16-9-7-10-17-22)32-26(31-24)23-18-11-8-12-19-23/h7-20H,1-6H3/b14-13-,21-15+. The van der Waals surface area contributed by atoms with Crippen molar-refractivity contribution in [1.82, 2.24) is 15.0 Å². The van der Waals surface area contributed by atoms with Crippen LogP contribution in [0.5, 0.6) is 0 Å². The number of hydrogen-bond donors (Lipinski definition) is 0. The monoisotopic (exact) mass is 453 g/mol. The van der Waals surface area contributed by atoms with Crippen molar-refractivity contribution < 1.29 is 9.31 Å². The van der Waals surface area contributed by atoms with Crippen LogP contribution in [0.3, 0.4) is 0 Å². The maximum atomic E-state index is 6.14. The van der Waals surface area contributed by atoms with Crippen LogP contribution < -0.4 is 0 Å². The molecular formula is C28H32BN3O2. The number of rotatable bonds is 6. The SMILES string of the molecule is C/C(=C\C=C/C(C)c1nc(-c2ccccc2)nc(-c2ccccc2)n1)B1OC(C)(C)C(C)(C)O1. The molecule has 1 unspecified atom stereocenters. The molecule has 0 N–H and O–H groups in total. The van der Waals surface area contributed by atoms with Gasteiger partial charge in [0.05, 0.1) is 11.2 Å². The molecule has 174 valence electrons. The maximum Gasteiger partial charge on any atom is 0.490 e. The number of aromatic nitrogens is 3. The zero-order chi connectivity index (χ0) is 24.3. The van der Waals surface area contributed by atoms with Gasteiger partial charge in [0.25, 0.3) is 0 Å². The summed E-state index contributed by atoms with van der Waals surface area (Å²) >= 11 is 0. The van der Waals surface area contributed by atoms with Gasteiger partial charge in [-0.25, -0.2) is 15.0 Å². The maximum absolute atomic E-state index is 6.14. The summed E-state index contributed by atoms with van der Waals surface area (Å²) in [6, 6.07) is 20.0. The summed E-state index contributed by atoms with van der Waals surface area (Å²) in [4.78, 5) is 14.4. The van der Waals surface area contributed by atoms with E-state index in [0.717, 1.165) is 22.4 Å². The zero-order valence-electron chi connectivity index (χ0n) is 20.8. The van der Waals surface area contributed by atoms with Crippen molar-refractivity contribution in [2.24, 2.45) is 0 Å². The van der Waals surface area contributed by atoms with E-state index in [1.807, 2.05) is 79.7 Å². The van der Waals surface area contributed by atoms with Gasteiger partial charge < -0.3 is 9.31 Å². The van der Waals surface area contributed by atoms with Crippen LogP contribution in [-0.2, 0) is 9.31 Å². The van der Waals surface area contributed by atoms with Gasteiger partial charge in [0.1, 0.15) is 5.82 Å². The Morgan fingerprint density at radius 2 is 1.26 bits per heavy atom. The molecule has 1 aliphatic heterocycles. The molecule has 0 bridgehead atoms. The molecule has 0 saturated carbocycles. The van der Waals surface area contributed by atoms with Gasteiger partial charge in [-0.1, -0.05) is 85.8 Å². The quantitative estimate of drug-likeness (QED) is 0.317. The van der Waals surface area contributed by atoms with E-state index in [0.29, 0.717) is 11.6 Å². The van der Waals surface area contributed by atoms with E-state index in [1.165, 1.54) is 0 Å². The molecule has 0 aliphatic carbocycles. The molecule has 1 fully saturated rings. The molecule has 34 heavy (non-hydrogen) atoms. The largest absolute Gasteiger partial charge is 0.490 e. The summed E-state index contributed by atoms with van der Waals surface area (Å²) in [5.41, 5.74) is 2.26. The lowest BCUT2D eigenvalue weighted by Gasteiger charge is -2.32. The Kier molecular flexibility index (Phi) is 6.83. The lowest BCUT2D eigenvalue weighted by atomic mass is 9.79. The van der Waals surface area contributed by atoms with Crippen molar-refractivity contribution in [3.8, 4) is 22.8 Å². The number of nitrogens with zero attached hydrogens (tertiary/aromatic N) is 3. The summed E-state index contributed by atoms with van der Waals surface area (Å²) in [6.45, 7) is 12.4. The van der Waals surface area contributed by atoms with E-state index >= 15 is 0 Å². The van der Waals surface area contributed by atoms with Gasteiger partial charge in [-0.05, 0) is 40.1 Å². The summed E-state index contributed by atoms with van der Waals surface area (Å²) in [6.07, 6.45) is 6.16. The second-order valence-corrected chi connectivity index (χ2v) is 9.75. The van der Waals surface area contributed by atoms with Crippen LogP contribution in [0.4, 0.5) is 0 Å². The van der Waals surface area contributed by atoms with E-state index in [4.69, 9.17) is 24.3 Å². The first kappa shape index (κ1) is 24.1. The predicted octanol–water partition coefficient (Wildman–Crippen LogP) is 6.44. The molecule has 5 nitrogen and oxygen atoms in total. The molecule has 0 amide bonds. The first-order valence-corrected chi connectivity index (χ1v) is 11.7. The fraction of sp³-hybridized carbons (Fsp3) is 0.321. The van der Waals surface area contributed by atoms with Crippen LogP contribution in [-0.4, -0.2) is 33.3 Å². The van der Waals surface area contributed by atoms with Gasteiger partial charge in [-0.2, -0.15) is 0 Å². The van der Waals surface area contributed by atoms with E-state index in [2.05, 4.69) is 40.7 Å². The molecule has 0 radical (unpaired) electrons. The smallest absolute Gasteiger partial charge is 0.400 e. The van der Waals surface area contributed by atoms with Crippen LogP contribution >= 0.6 is 0 Å². The summed E-state index contributed by atoms with van der Waals surface area (Å²) < 4.78 is 12.3. The highest BCUT2D eigenvalue weighted by atomic mass is 16.7. The zero-order valence-corrected chi connectivity index (χ0v) is 20.8. The number of allylic oxidation sites excluding steroid dienone is 4. The molecule has 2 heterocycles. The minimum absolute atomic E-state index is 0.00438. The Morgan fingerprint density at radius 3 is 1.74 bits per heavy atom. The van der Waals surface area contributed by atoms with Gasteiger partial charge in [-0.15, -0.1) is 0 Å². The van der Waals surface area contributed by atoms with Crippen LogP contribution in [0, 0.1) is 0 Å².